The Labute approximate surface area is 117 Å². The molecule has 20 heavy (non-hydrogen) atoms. The van der Waals surface area contributed by atoms with Crippen LogP contribution in [0.15, 0.2) is 28.0 Å². The zero-order valence-electron chi connectivity index (χ0n) is 10.8. The number of primary sulfonamides is 1. The van der Waals surface area contributed by atoms with Crippen molar-refractivity contribution in [1.82, 2.24) is 4.72 Å². The van der Waals surface area contributed by atoms with E-state index in [0.29, 0.717) is 6.07 Å². The van der Waals surface area contributed by atoms with Crippen LogP contribution in [0.1, 0.15) is 6.92 Å². The number of hydrogen-bond acceptors (Lipinski definition) is 5. The van der Waals surface area contributed by atoms with Gasteiger partial charge in [-0.2, -0.15) is 0 Å². The molecule has 0 saturated carbocycles. The van der Waals surface area contributed by atoms with Gasteiger partial charge in [0.1, 0.15) is 10.7 Å². The number of hydrogen-bond donors (Lipinski definition) is 2. The van der Waals surface area contributed by atoms with Gasteiger partial charge in [0.15, 0.2) is 0 Å². The number of benzene rings is 1. The lowest BCUT2D eigenvalue weighted by atomic mass is 10.3. The quantitative estimate of drug-likeness (QED) is 0.750. The molecule has 10 heteroatoms. The van der Waals surface area contributed by atoms with Crippen LogP contribution in [-0.4, -0.2) is 36.6 Å². The molecule has 0 aliphatic carbocycles. The smallest absolute Gasteiger partial charge is 0.243 e. The first-order valence-electron chi connectivity index (χ1n) is 5.42. The van der Waals surface area contributed by atoms with E-state index < -0.39 is 41.8 Å². The van der Waals surface area contributed by atoms with E-state index in [-0.39, 0.29) is 6.54 Å². The molecular weight excluding hydrogens is 311 g/mol. The molecular formula is C10H15FN2O5S2. The average molecular weight is 326 g/mol. The van der Waals surface area contributed by atoms with Crippen molar-refractivity contribution < 1.29 is 26.0 Å². The molecule has 0 saturated heterocycles. The fourth-order valence-electron chi connectivity index (χ4n) is 1.26. The van der Waals surface area contributed by atoms with E-state index >= 15 is 0 Å². The topological polar surface area (TPSA) is 116 Å². The molecule has 114 valence electrons. The highest BCUT2D eigenvalue weighted by Crippen LogP contribution is 2.18. The van der Waals surface area contributed by atoms with Crippen molar-refractivity contribution in [2.75, 3.05) is 13.7 Å². The van der Waals surface area contributed by atoms with Gasteiger partial charge >= 0.3 is 0 Å². The molecule has 0 aromatic heterocycles. The average Bonchev–Trinajstić information content (AvgIpc) is 2.34. The fourth-order valence-corrected chi connectivity index (χ4v) is 2.96. The molecule has 1 aromatic carbocycles. The van der Waals surface area contributed by atoms with Crippen molar-refractivity contribution in [2.24, 2.45) is 5.14 Å². The molecule has 1 atom stereocenters. The molecule has 0 aliphatic heterocycles. The molecule has 1 unspecified atom stereocenters. The Bertz CT molecular complexity index is 688. The maximum atomic E-state index is 13.7. The summed E-state index contributed by atoms with van der Waals surface area (Å²) in [6.45, 7) is 1.58. The Hall–Kier alpha value is -1.07. The van der Waals surface area contributed by atoms with Crippen LogP contribution in [0.4, 0.5) is 4.39 Å². The summed E-state index contributed by atoms with van der Waals surface area (Å²) in [5.41, 5.74) is 0. The number of nitrogens with one attached hydrogen (secondary N) is 1. The number of halogens is 1. The van der Waals surface area contributed by atoms with E-state index in [2.05, 4.69) is 4.72 Å². The molecule has 1 aromatic rings. The van der Waals surface area contributed by atoms with E-state index in [4.69, 9.17) is 9.88 Å². The van der Waals surface area contributed by atoms with Gasteiger partial charge in [-0.05, 0) is 25.1 Å². The second-order valence-corrected chi connectivity index (χ2v) is 7.33. The summed E-state index contributed by atoms with van der Waals surface area (Å²) in [6.07, 6.45) is -0.392. The molecule has 3 N–H and O–H groups in total. The van der Waals surface area contributed by atoms with Gasteiger partial charge in [-0.3, -0.25) is 0 Å². The minimum absolute atomic E-state index is 0.0464. The Balaban J connectivity index is 3.08. The van der Waals surface area contributed by atoms with Crippen LogP contribution in [0.25, 0.3) is 0 Å². The minimum Gasteiger partial charge on any atom is -0.380 e. The van der Waals surface area contributed by atoms with Crippen LogP contribution >= 0.6 is 0 Å². The second-order valence-electron chi connectivity index (χ2n) is 4.04. The number of ether oxygens (including phenoxy) is 1. The predicted molar refractivity (Wildman–Crippen MR) is 69.4 cm³/mol. The molecule has 0 radical (unpaired) electrons. The summed E-state index contributed by atoms with van der Waals surface area (Å²) >= 11 is 0. The first-order valence-corrected chi connectivity index (χ1v) is 8.45. The largest absolute Gasteiger partial charge is 0.380 e. The molecule has 1 rings (SSSR count). The third kappa shape index (κ3) is 4.21. The van der Waals surface area contributed by atoms with E-state index in [1.807, 2.05) is 0 Å². The molecule has 0 heterocycles. The molecule has 7 nitrogen and oxygen atoms in total. The highest BCUT2D eigenvalue weighted by molar-refractivity contribution is 7.89. The first kappa shape index (κ1) is 17.0. The summed E-state index contributed by atoms with van der Waals surface area (Å²) in [6, 6.07) is 2.32. The van der Waals surface area contributed by atoms with Gasteiger partial charge in [0.2, 0.25) is 20.0 Å². The van der Waals surface area contributed by atoms with Crippen molar-refractivity contribution >= 4 is 20.0 Å². The Morgan fingerprint density at radius 3 is 2.40 bits per heavy atom. The van der Waals surface area contributed by atoms with Crippen LogP contribution in [0.5, 0.6) is 0 Å². The van der Waals surface area contributed by atoms with E-state index in [0.717, 1.165) is 12.1 Å². The summed E-state index contributed by atoms with van der Waals surface area (Å²) in [5, 5.41) is 4.83. The molecule has 0 amide bonds. The number of methoxy groups -OCH3 is 1. The third-order valence-corrected chi connectivity index (χ3v) is 4.85. The van der Waals surface area contributed by atoms with Gasteiger partial charge in [0.25, 0.3) is 0 Å². The number of rotatable bonds is 6. The SMILES string of the molecule is COC(C)CNS(=O)(=O)c1ccc(S(N)(=O)=O)cc1F. The van der Waals surface area contributed by atoms with E-state index in [1.165, 1.54) is 7.11 Å². The number of nitrogens with two attached hydrogens (primary N) is 1. The van der Waals surface area contributed by atoms with Crippen molar-refractivity contribution in [3.63, 3.8) is 0 Å². The van der Waals surface area contributed by atoms with Gasteiger partial charge in [-0.1, -0.05) is 0 Å². The lowest BCUT2D eigenvalue weighted by Gasteiger charge is -2.12. The van der Waals surface area contributed by atoms with Crippen LogP contribution in [0.2, 0.25) is 0 Å². The van der Waals surface area contributed by atoms with E-state index in [1.54, 1.807) is 6.92 Å². The van der Waals surface area contributed by atoms with Crippen molar-refractivity contribution in [3.8, 4) is 0 Å². The van der Waals surface area contributed by atoms with Gasteiger partial charge in [0.05, 0.1) is 11.0 Å². The van der Waals surface area contributed by atoms with Crippen LogP contribution in [0, 0.1) is 5.82 Å². The lowest BCUT2D eigenvalue weighted by Crippen LogP contribution is -2.32. The van der Waals surface area contributed by atoms with E-state index in [9.17, 15) is 21.2 Å². The lowest BCUT2D eigenvalue weighted by molar-refractivity contribution is 0.122. The Morgan fingerprint density at radius 1 is 1.35 bits per heavy atom. The first-order chi connectivity index (χ1) is 9.08. The molecule has 0 fully saturated rings. The maximum Gasteiger partial charge on any atom is 0.243 e. The van der Waals surface area contributed by atoms with Crippen molar-refractivity contribution in [2.45, 2.75) is 22.8 Å². The highest BCUT2D eigenvalue weighted by atomic mass is 32.2. The monoisotopic (exact) mass is 326 g/mol. The Morgan fingerprint density at radius 2 is 1.95 bits per heavy atom. The van der Waals surface area contributed by atoms with Crippen LogP contribution in [-0.2, 0) is 24.8 Å². The number of sulfonamides is 2. The van der Waals surface area contributed by atoms with Gasteiger partial charge in [0, 0.05) is 13.7 Å². The van der Waals surface area contributed by atoms with Gasteiger partial charge in [-0.25, -0.2) is 31.1 Å². The van der Waals surface area contributed by atoms with Gasteiger partial charge < -0.3 is 4.74 Å². The normalized spacial score (nSPS) is 14.2. The highest BCUT2D eigenvalue weighted by Gasteiger charge is 2.21. The Kier molecular flexibility index (Phi) is 5.21. The van der Waals surface area contributed by atoms with Crippen LogP contribution < -0.4 is 9.86 Å². The van der Waals surface area contributed by atoms with Gasteiger partial charge in [-0.15, -0.1) is 0 Å². The fraction of sp³-hybridized carbons (Fsp3) is 0.400. The molecule has 0 spiro atoms. The molecule has 0 aliphatic rings. The second kappa shape index (κ2) is 6.14. The predicted octanol–water partition coefficient (Wildman–Crippen LogP) is -0.214. The summed E-state index contributed by atoms with van der Waals surface area (Å²) < 4.78 is 66.5. The zero-order chi connectivity index (χ0) is 15.6. The third-order valence-electron chi connectivity index (χ3n) is 2.48. The molecule has 0 bridgehead atoms. The maximum absolute atomic E-state index is 13.7. The van der Waals surface area contributed by atoms with Crippen LogP contribution in [0.3, 0.4) is 0 Å². The zero-order valence-corrected chi connectivity index (χ0v) is 12.5. The van der Waals surface area contributed by atoms with Crippen molar-refractivity contribution in [1.29, 1.82) is 0 Å². The standard InChI is InChI=1S/C10H15FN2O5S2/c1-7(18-2)6-13-20(16,17)10-4-3-8(5-9(10)11)19(12,14)15/h3-5,7,13H,6H2,1-2H3,(H2,12,14,15). The summed E-state index contributed by atoms with van der Waals surface area (Å²) in [7, 11) is -6.79. The summed E-state index contributed by atoms with van der Waals surface area (Å²) in [4.78, 5) is -1.16. The minimum atomic E-state index is -4.10. The summed E-state index contributed by atoms with van der Waals surface area (Å²) in [5.74, 6) is -1.20. The van der Waals surface area contributed by atoms with Crippen molar-refractivity contribution in [3.05, 3.63) is 24.0 Å².